The van der Waals surface area contributed by atoms with E-state index < -0.39 is 0 Å². The van der Waals surface area contributed by atoms with Crippen LogP contribution < -0.4 is 14.8 Å². The standard InChI is InChI=1S/C17H19NO2S/c1-19-13-7-8-15(17(9-13)20-2)18-16-11-21-10-12-5-3-4-6-14(12)16/h3-9,16,18H,10-11H2,1-2H3. The summed E-state index contributed by atoms with van der Waals surface area (Å²) in [5, 5.41) is 3.61. The molecule has 1 unspecified atom stereocenters. The zero-order chi connectivity index (χ0) is 14.7. The molecule has 4 heteroatoms. The SMILES string of the molecule is COc1ccc(NC2CSCc3ccccc32)c(OC)c1. The first-order valence-electron chi connectivity index (χ1n) is 6.96. The zero-order valence-corrected chi connectivity index (χ0v) is 13.1. The summed E-state index contributed by atoms with van der Waals surface area (Å²) in [5.74, 6) is 3.76. The van der Waals surface area contributed by atoms with Crippen molar-refractivity contribution in [1.82, 2.24) is 0 Å². The maximum Gasteiger partial charge on any atom is 0.145 e. The highest BCUT2D eigenvalue weighted by atomic mass is 32.2. The second-order valence-corrected chi connectivity index (χ2v) is 6.01. The molecule has 0 aliphatic carbocycles. The van der Waals surface area contributed by atoms with Gasteiger partial charge in [0.25, 0.3) is 0 Å². The highest BCUT2D eigenvalue weighted by molar-refractivity contribution is 7.98. The van der Waals surface area contributed by atoms with Gasteiger partial charge in [0, 0.05) is 17.6 Å². The van der Waals surface area contributed by atoms with E-state index in [4.69, 9.17) is 9.47 Å². The van der Waals surface area contributed by atoms with Gasteiger partial charge in [-0.25, -0.2) is 0 Å². The van der Waals surface area contributed by atoms with E-state index >= 15 is 0 Å². The molecule has 21 heavy (non-hydrogen) atoms. The van der Waals surface area contributed by atoms with Gasteiger partial charge < -0.3 is 14.8 Å². The zero-order valence-electron chi connectivity index (χ0n) is 12.3. The Labute approximate surface area is 129 Å². The number of hydrogen-bond acceptors (Lipinski definition) is 4. The Balaban J connectivity index is 1.88. The first-order valence-corrected chi connectivity index (χ1v) is 8.11. The normalized spacial score (nSPS) is 17.0. The fraction of sp³-hybridized carbons (Fsp3) is 0.294. The Bertz CT molecular complexity index is 630. The van der Waals surface area contributed by atoms with Crippen LogP contribution in [0.1, 0.15) is 17.2 Å². The summed E-state index contributed by atoms with van der Waals surface area (Å²) < 4.78 is 10.7. The van der Waals surface area contributed by atoms with E-state index in [1.807, 2.05) is 30.0 Å². The van der Waals surface area contributed by atoms with Crippen LogP contribution in [-0.2, 0) is 5.75 Å². The monoisotopic (exact) mass is 301 g/mol. The molecule has 0 saturated carbocycles. The number of fused-ring (bicyclic) bond motifs is 1. The first kappa shape index (κ1) is 14.1. The number of methoxy groups -OCH3 is 2. The van der Waals surface area contributed by atoms with Crippen LogP contribution in [0, 0.1) is 0 Å². The van der Waals surface area contributed by atoms with E-state index in [1.165, 1.54) is 11.1 Å². The van der Waals surface area contributed by atoms with Crippen molar-refractivity contribution in [3.05, 3.63) is 53.6 Å². The summed E-state index contributed by atoms with van der Waals surface area (Å²) in [6.07, 6.45) is 0. The van der Waals surface area contributed by atoms with Gasteiger partial charge in [0.1, 0.15) is 11.5 Å². The van der Waals surface area contributed by atoms with Crippen LogP contribution >= 0.6 is 11.8 Å². The van der Waals surface area contributed by atoms with Crippen molar-refractivity contribution in [1.29, 1.82) is 0 Å². The molecule has 110 valence electrons. The summed E-state index contributed by atoms with van der Waals surface area (Å²) in [5.41, 5.74) is 3.80. The molecule has 1 aliphatic rings. The molecule has 1 heterocycles. The molecule has 0 spiro atoms. The van der Waals surface area contributed by atoms with Gasteiger partial charge in [0.05, 0.1) is 25.9 Å². The minimum Gasteiger partial charge on any atom is -0.497 e. The van der Waals surface area contributed by atoms with Crippen molar-refractivity contribution >= 4 is 17.4 Å². The fourth-order valence-corrected chi connectivity index (χ4v) is 3.71. The van der Waals surface area contributed by atoms with Crippen LogP contribution in [0.2, 0.25) is 0 Å². The molecule has 2 aromatic carbocycles. The molecule has 2 aromatic rings. The van der Waals surface area contributed by atoms with Crippen molar-refractivity contribution in [3.63, 3.8) is 0 Å². The van der Waals surface area contributed by atoms with Crippen LogP contribution in [-0.4, -0.2) is 20.0 Å². The molecule has 0 fully saturated rings. The fourth-order valence-electron chi connectivity index (χ4n) is 2.61. The third kappa shape index (κ3) is 2.95. The molecule has 1 aliphatic heterocycles. The first-order chi connectivity index (χ1) is 10.3. The Hall–Kier alpha value is -1.81. The van der Waals surface area contributed by atoms with Gasteiger partial charge in [-0.2, -0.15) is 11.8 Å². The van der Waals surface area contributed by atoms with E-state index in [1.54, 1.807) is 14.2 Å². The van der Waals surface area contributed by atoms with E-state index in [-0.39, 0.29) is 0 Å². The number of ether oxygens (including phenoxy) is 2. The van der Waals surface area contributed by atoms with Gasteiger partial charge in [-0.1, -0.05) is 24.3 Å². The minimum atomic E-state index is 0.308. The van der Waals surface area contributed by atoms with Crippen LogP contribution in [0.5, 0.6) is 11.5 Å². The maximum absolute atomic E-state index is 5.47. The van der Waals surface area contributed by atoms with Gasteiger partial charge >= 0.3 is 0 Å². The summed E-state index contributed by atoms with van der Waals surface area (Å²) >= 11 is 1.96. The lowest BCUT2D eigenvalue weighted by Gasteiger charge is -2.27. The Morgan fingerprint density at radius 3 is 2.76 bits per heavy atom. The number of nitrogens with one attached hydrogen (secondary N) is 1. The van der Waals surface area contributed by atoms with Gasteiger partial charge in [0.15, 0.2) is 0 Å². The van der Waals surface area contributed by atoms with E-state index in [9.17, 15) is 0 Å². The molecule has 0 radical (unpaired) electrons. The lowest BCUT2D eigenvalue weighted by atomic mass is 10.0. The van der Waals surface area contributed by atoms with Gasteiger partial charge in [-0.3, -0.25) is 0 Å². The van der Waals surface area contributed by atoms with Gasteiger partial charge in [-0.05, 0) is 23.3 Å². The van der Waals surface area contributed by atoms with Gasteiger partial charge in [0.2, 0.25) is 0 Å². The average Bonchev–Trinajstić information content (AvgIpc) is 2.55. The highest BCUT2D eigenvalue weighted by Gasteiger charge is 2.21. The maximum atomic E-state index is 5.47. The van der Waals surface area contributed by atoms with Crippen molar-refractivity contribution in [2.24, 2.45) is 0 Å². The van der Waals surface area contributed by atoms with E-state index in [0.717, 1.165) is 28.7 Å². The van der Waals surface area contributed by atoms with Gasteiger partial charge in [-0.15, -0.1) is 0 Å². The quantitative estimate of drug-likeness (QED) is 0.921. The molecule has 0 amide bonds. The summed E-state index contributed by atoms with van der Waals surface area (Å²) in [4.78, 5) is 0. The summed E-state index contributed by atoms with van der Waals surface area (Å²) in [6, 6.07) is 14.8. The van der Waals surface area contributed by atoms with E-state index in [2.05, 4.69) is 29.6 Å². The molecule has 1 N–H and O–H groups in total. The molecular formula is C17H19NO2S. The summed E-state index contributed by atoms with van der Waals surface area (Å²) in [6.45, 7) is 0. The predicted octanol–water partition coefficient (Wildman–Crippen LogP) is 4.10. The molecule has 3 rings (SSSR count). The molecule has 0 bridgehead atoms. The van der Waals surface area contributed by atoms with Crippen LogP contribution in [0.3, 0.4) is 0 Å². The molecular weight excluding hydrogens is 282 g/mol. The Morgan fingerprint density at radius 1 is 1.10 bits per heavy atom. The lowest BCUT2D eigenvalue weighted by molar-refractivity contribution is 0.395. The van der Waals surface area contributed by atoms with E-state index in [0.29, 0.717) is 6.04 Å². The number of anilines is 1. The number of thioether (sulfide) groups is 1. The second-order valence-electron chi connectivity index (χ2n) is 4.98. The van der Waals surface area contributed by atoms with Crippen LogP contribution in [0.25, 0.3) is 0 Å². The second kappa shape index (κ2) is 6.31. The Kier molecular flexibility index (Phi) is 4.25. The van der Waals surface area contributed by atoms with Crippen molar-refractivity contribution in [3.8, 4) is 11.5 Å². The third-order valence-electron chi connectivity index (χ3n) is 3.71. The highest BCUT2D eigenvalue weighted by Crippen LogP contribution is 2.37. The number of hydrogen-bond donors (Lipinski definition) is 1. The molecule has 0 aromatic heterocycles. The van der Waals surface area contributed by atoms with Crippen molar-refractivity contribution in [2.45, 2.75) is 11.8 Å². The van der Waals surface area contributed by atoms with Crippen molar-refractivity contribution in [2.75, 3.05) is 25.3 Å². The third-order valence-corrected chi connectivity index (χ3v) is 4.80. The lowest BCUT2D eigenvalue weighted by Crippen LogP contribution is -2.19. The average molecular weight is 301 g/mol. The molecule has 0 saturated heterocycles. The van der Waals surface area contributed by atoms with Crippen LogP contribution in [0.4, 0.5) is 5.69 Å². The van der Waals surface area contributed by atoms with Crippen molar-refractivity contribution < 1.29 is 9.47 Å². The topological polar surface area (TPSA) is 30.5 Å². The summed E-state index contributed by atoms with van der Waals surface area (Å²) in [7, 11) is 3.35. The largest absolute Gasteiger partial charge is 0.497 e. The minimum absolute atomic E-state index is 0.308. The molecule has 3 nitrogen and oxygen atoms in total. The molecule has 1 atom stereocenters. The smallest absolute Gasteiger partial charge is 0.145 e. The van der Waals surface area contributed by atoms with Crippen LogP contribution in [0.15, 0.2) is 42.5 Å². The Morgan fingerprint density at radius 2 is 1.95 bits per heavy atom. The number of rotatable bonds is 4. The number of benzene rings is 2. The predicted molar refractivity (Wildman–Crippen MR) is 88.5 cm³/mol.